The lowest BCUT2D eigenvalue weighted by atomic mass is 10.1. The highest BCUT2D eigenvalue weighted by atomic mass is 31.1. The highest BCUT2D eigenvalue weighted by molar-refractivity contribution is 7.54. The van der Waals surface area contributed by atoms with E-state index in [1.807, 2.05) is 0 Å². The number of rotatable bonds is 9. The van der Waals surface area contributed by atoms with Gasteiger partial charge in [-0.05, 0) is 18.9 Å². The van der Waals surface area contributed by atoms with Gasteiger partial charge in [-0.2, -0.15) is 0 Å². The van der Waals surface area contributed by atoms with Crippen LogP contribution < -0.4 is 4.89 Å². The molecule has 1 heterocycles. The van der Waals surface area contributed by atoms with Crippen LogP contribution in [0.4, 0.5) is 0 Å². The number of hydrogen-bond donors (Lipinski definition) is 4. The van der Waals surface area contributed by atoms with E-state index in [2.05, 4.69) is 6.92 Å². The average molecular weight is 334 g/mol. The van der Waals surface area contributed by atoms with Crippen molar-refractivity contribution in [2.24, 2.45) is 0 Å². The Morgan fingerprint density at radius 1 is 1.09 bits per heavy atom. The highest BCUT2D eigenvalue weighted by Crippen LogP contribution is 2.26. The second kappa shape index (κ2) is 10.4. The lowest BCUT2D eigenvalue weighted by Gasteiger charge is -2.11. The van der Waals surface area contributed by atoms with Gasteiger partial charge >= 0.3 is 0 Å². The van der Waals surface area contributed by atoms with Gasteiger partial charge in [0, 0.05) is 0 Å². The summed E-state index contributed by atoms with van der Waals surface area (Å²) in [4.78, 5) is 11.9. The van der Waals surface area contributed by atoms with Crippen LogP contribution in [-0.4, -0.2) is 50.5 Å². The fourth-order valence-electron chi connectivity index (χ4n) is 2.29. The van der Waals surface area contributed by atoms with E-state index in [0.717, 1.165) is 19.3 Å². The molecule has 4 N–H and O–H groups in total. The minimum atomic E-state index is -2.21. The van der Waals surface area contributed by atoms with E-state index in [0.29, 0.717) is 0 Å². The number of unbranched alkanes of at least 4 members (excludes halogenated alkanes) is 6. The predicted octanol–water partition coefficient (Wildman–Crippen LogP) is 0.949. The van der Waals surface area contributed by atoms with E-state index < -0.39 is 37.9 Å². The fourth-order valence-corrected chi connectivity index (χ4v) is 3.24. The van der Waals surface area contributed by atoms with Crippen LogP contribution in [0.5, 0.6) is 0 Å². The molecule has 6 nitrogen and oxygen atoms in total. The molecule has 1 aliphatic heterocycles. The first-order valence-corrected chi connectivity index (χ1v) is 9.20. The molecule has 0 amide bonds. The van der Waals surface area contributed by atoms with Crippen LogP contribution >= 0.6 is 7.77 Å². The first-order valence-electron chi connectivity index (χ1n) is 7.87. The minimum Gasteiger partial charge on any atom is -0.624 e. The Morgan fingerprint density at radius 2 is 1.73 bits per heavy atom. The summed E-state index contributed by atoms with van der Waals surface area (Å²) in [7, 11) is -2.21. The van der Waals surface area contributed by atoms with Crippen LogP contribution in [0.3, 0.4) is 0 Å². The minimum absolute atomic E-state index is 0.558. The largest absolute Gasteiger partial charge is 0.624 e. The van der Waals surface area contributed by atoms with Crippen LogP contribution in [0, 0.1) is 0 Å². The molecule has 0 spiro atoms. The number of allylic oxidation sites excluding steroid dienone is 1. The first-order chi connectivity index (χ1) is 10.5. The SMILES string of the molecule is CCCCCCCCC=C[P+]([O-])=C(O)[C@H]1O[C@@H](O)[C@H](O)[C@@H]1O. The van der Waals surface area contributed by atoms with Crippen molar-refractivity contribution in [3.8, 4) is 0 Å². The summed E-state index contributed by atoms with van der Waals surface area (Å²) >= 11 is 0. The Morgan fingerprint density at radius 3 is 2.32 bits per heavy atom. The van der Waals surface area contributed by atoms with E-state index in [4.69, 9.17) is 4.74 Å². The van der Waals surface area contributed by atoms with Gasteiger partial charge in [0.15, 0.2) is 12.4 Å². The van der Waals surface area contributed by atoms with E-state index in [9.17, 15) is 25.3 Å². The van der Waals surface area contributed by atoms with Crippen molar-refractivity contribution in [3.05, 3.63) is 11.9 Å². The fraction of sp³-hybridized carbons (Fsp3) is 0.800. The smallest absolute Gasteiger partial charge is 0.255 e. The van der Waals surface area contributed by atoms with Gasteiger partial charge in [-0.3, -0.25) is 0 Å². The molecule has 0 aliphatic carbocycles. The van der Waals surface area contributed by atoms with E-state index >= 15 is 0 Å². The second-order valence-electron chi connectivity index (χ2n) is 5.55. The summed E-state index contributed by atoms with van der Waals surface area (Å²) in [5.41, 5.74) is -0.558. The molecular weight excluding hydrogens is 307 g/mol. The Balaban J connectivity index is 2.36. The molecule has 0 aromatic rings. The van der Waals surface area contributed by atoms with Gasteiger partial charge in [-0.1, -0.05) is 39.0 Å². The molecular formula is C15H27O6P. The number of aliphatic hydroxyl groups excluding tert-OH is 4. The third-order valence-corrected chi connectivity index (χ3v) is 4.87. The molecule has 0 radical (unpaired) electrons. The molecule has 1 aliphatic rings. The summed E-state index contributed by atoms with van der Waals surface area (Å²) in [5, 5.41) is 38.0. The second-order valence-corrected chi connectivity index (χ2v) is 6.96. The zero-order valence-corrected chi connectivity index (χ0v) is 13.9. The maximum absolute atomic E-state index is 11.9. The van der Waals surface area contributed by atoms with E-state index in [1.54, 1.807) is 6.08 Å². The maximum atomic E-state index is 11.9. The van der Waals surface area contributed by atoms with Crippen molar-refractivity contribution in [2.45, 2.75) is 76.5 Å². The zero-order chi connectivity index (χ0) is 16.5. The third-order valence-electron chi connectivity index (χ3n) is 3.68. The molecule has 22 heavy (non-hydrogen) atoms. The van der Waals surface area contributed by atoms with Gasteiger partial charge in [0.2, 0.25) is 0 Å². The highest BCUT2D eigenvalue weighted by Gasteiger charge is 2.46. The van der Waals surface area contributed by atoms with Gasteiger partial charge in [-0.25, -0.2) is 0 Å². The zero-order valence-electron chi connectivity index (χ0n) is 13.0. The van der Waals surface area contributed by atoms with Gasteiger partial charge in [-0.15, -0.1) is 0 Å². The Labute approximate surface area is 132 Å². The Kier molecular flexibility index (Phi) is 9.36. The molecule has 0 bridgehead atoms. The molecule has 0 aromatic heterocycles. The van der Waals surface area contributed by atoms with Crippen LogP contribution in [0.1, 0.15) is 51.9 Å². The maximum Gasteiger partial charge on any atom is 0.255 e. The normalized spacial score (nSPS) is 30.1. The Bertz CT molecular complexity index is 384. The molecule has 1 saturated heterocycles. The van der Waals surface area contributed by atoms with Crippen LogP contribution in [0.25, 0.3) is 0 Å². The first kappa shape index (κ1) is 19.7. The predicted molar refractivity (Wildman–Crippen MR) is 83.9 cm³/mol. The van der Waals surface area contributed by atoms with Gasteiger partial charge in [0.1, 0.15) is 25.8 Å². The van der Waals surface area contributed by atoms with Crippen LogP contribution in [-0.2, 0) is 4.74 Å². The monoisotopic (exact) mass is 334 g/mol. The summed E-state index contributed by atoms with van der Waals surface area (Å²) in [6.45, 7) is 2.17. The molecule has 1 fully saturated rings. The van der Waals surface area contributed by atoms with E-state index in [-0.39, 0.29) is 0 Å². The summed E-state index contributed by atoms with van der Waals surface area (Å²) in [6, 6.07) is 0. The number of ether oxygens (including phenoxy) is 1. The molecule has 7 heteroatoms. The standard InChI is InChI=1S/C15H27O6P/c1-2-3-4-5-6-7-8-9-10-22(20)15(19)13-11(16)12(17)14(18)21-13/h9-14,16-19H,2-8H2,1H3/t11-,12+,13-,14+/m0/s1. The molecule has 128 valence electrons. The lowest BCUT2D eigenvalue weighted by Crippen LogP contribution is -2.36. The molecule has 5 atom stereocenters. The van der Waals surface area contributed by atoms with Crippen LogP contribution in [0.2, 0.25) is 0 Å². The van der Waals surface area contributed by atoms with Crippen molar-refractivity contribution < 1.29 is 30.1 Å². The van der Waals surface area contributed by atoms with Gasteiger partial charge in [0.25, 0.3) is 5.48 Å². The number of hydrogen-bond acceptors (Lipinski definition) is 5. The van der Waals surface area contributed by atoms with Gasteiger partial charge < -0.3 is 30.1 Å². The third kappa shape index (κ3) is 6.05. The van der Waals surface area contributed by atoms with Crippen molar-refractivity contribution in [3.63, 3.8) is 0 Å². The lowest BCUT2D eigenvalue weighted by molar-refractivity contribution is -0.151. The van der Waals surface area contributed by atoms with E-state index in [1.165, 1.54) is 31.5 Å². The van der Waals surface area contributed by atoms with Crippen molar-refractivity contribution in [1.82, 2.24) is 0 Å². The Hall–Kier alpha value is -0.330. The molecule has 1 unspecified atom stereocenters. The summed E-state index contributed by atoms with van der Waals surface area (Å²) in [6.07, 6.45) is 3.65. The molecule has 0 saturated carbocycles. The number of aliphatic hydroxyl groups is 4. The summed E-state index contributed by atoms with van der Waals surface area (Å²) < 4.78 is 4.80. The molecule has 0 aromatic carbocycles. The summed E-state index contributed by atoms with van der Waals surface area (Å²) in [5.74, 6) is 1.38. The van der Waals surface area contributed by atoms with Gasteiger partial charge in [0.05, 0.1) is 0 Å². The van der Waals surface area contributed by atoms with Crippen molar-refractivity contribution in [2.75, 3.05) is 0 Å². The quantitative estimate of drug-likeness (QED) is 0.369. The topological polar surface area (TPSA) is 113 Å². The van der Waals surface area contributed by atoms with Crippen LogP contribution in [0.15, 0.2) is 11.9 Å². The average Bonchev–Trinajstić information content (AvgIpc) is 2.76. The molecule has 1 rings (SSSR count). The van der Waals surface area contributed by atoms with Crippen molar-refractivity contribution >= 4 is 13.3 Å². The van der Waals surface area contributed by atoms with Crippen molar-refractivity contribution in [1.29, 1.82) is 0 Å².